The lowest BCUT2D eigenvalue weighted by atomic mass is 9.96. The summed E-state index contributed by atoms with van der Waals surface area (Å²) in [4.78, 5) is 184. The van der Waals surface area contributed by atoms with Crippen molar-refractivity contribution in [1.29, 1.82) is 0 Å². The first kappa shape index (κ1) is 150. The Morgan fingerprint density at radius 1 is 0.250 bits per heavy atom. The van der Waals surface area contributed by atoms with Crippen molar-refractivity contribution in [1.82, 2.24) is 126 Å². The van der Waals surface area contributed by atoms with Gasteiger partial charge >= 0.3 is 0 Å². The molecule has 0 aromatic heterocycles. The molecule has 0 spiro atoms. The van der Waals surface area contributed by atoms with Crippen molar-refractivity contribution >= 4 is 94.5 Å². The number of rotatable bonds is 64. The average molecular weight is 2080 g/mol. The van der Waals surface area contributed by atoms with E-state index in [2.05, 4.69) is 329 Å². The van der Waals surface area contributed by atoms with Crippen LogP contribution in [0.25, 0.3) is 0 Å². The molecule has 840 valence electrons. The number of hydrogen-bond acceptors (Lipinski definition) is 24. The second kappa shape index (κ2) is 89.3. The minimum Gasteiger partial charge on any atom is -0.351 e. The quantitative estimate of drug-likeness (QED) is 0.0385. The van der Waals surface area contributed by atoms with Crippen LogP contribution >= 0.6 is 0 Å². The summed E-state index contributed by atoms with van der Waals surface area (Å²) in [5, 5.41) is 59.9. The Bertz CT molecular complexity index is 3950. The first-order chi connectivity index (χ1) is 68.7. The van der Waals surface area contributed by atoms with Gasteiger partial charge < -0.3 is 112 Å². The van der Waals surface area contributed by atoms with Crippen LogP contribution in [0.3, 0.4) is 0 Å². The van der Waals surface area contributed by atoms with Crippen molar-refractivity contribution in [2.45, 2.75) is 211 Å². The van der Waals surface area contributed by atoms with Crippen molar-refractivity contribution in [3.8, 4) is 0 Å². The molecule has 2 atom stereocenters. The third-order valence-electron chi connectivity index (χ3n) is 18.5. The van der Waals surface area contributed by atoms with Gasteiger partial charge in [-0.2, -0.15) is 0 Å². The fraction of sp³-hybridized carbons (Fsp3) is 0.556. The summed E-state index contributed by atoms with van der Waals surface area (Å²) in [6.45, 7) is 115. The van der Waals surface area contributed by atoms with E-state index in [1.807, 2.05) is 55.4 Å². The third kappa shape index (κ3) is 109. The summed E-state index contributed by atoms with van der Waals surface area (Å²) in [5.74, 6) is -3.41. The van der Waals surface area contributed by atoms with E-state index in [9.17, 15) is 76.7 Å². The molecule has 0 saturated heterocycles. The second-order valence-corrected chi connectivity index (χ2v) is 40.1. The number of amides is 16. The van der Waals surface area contributed by atoms with Gasteiger partial charge in [-0.3, -0.25) is 91.4 Å². The minimum atomic E-state index is -0.261. The smallest absolute Gasteiger partial charge is 0.243 e. The highest BCUT2D eigenvalue weighted by molar-refractivity contribution is 5.92. The Morgan fingerprint density at radius 3 is 0.716 bits per heavy atom. The maximum atomic E-state index is 11.3. The van der Waals surface area contributed by atoms with Gasteiger partial charge in [0.25, 0.3) is 0 Å². The maximum Gasteiger partial charge on any atom is 0.243 e. The van der Waals surface area contributed by atoms with Gasteiger partial charge in [0.15, 0.2) is 0 Å². The van der Waals surface area contributed by atoms with Crippen molar-refractivity contribution in [3.05, 3.63) is 202 Å². The molecule has 16 amide bonds. The highest BCUT2D eigenvalue weighted by Gasteiger charge is 2.25. The fourth-order valence-corrected chi connectivity index (χ4v) is 11.1. The normalized spacial score (nSPS) is 11.1. The van der Waals surface area contributed by atoms with Crippen LogP contribution in [0.15, 0.2) is 202 Å². The fourth-order valence-electron chi connectivity index (χ4n) is 11.1. The highest BCUT2D eigenvalue weighted by Crippen LogP contribution is 2.16. The summed E-state index contributed by atoms with van der Waals surface area (Å²) in [6.07, 6.45) is 19.7. The van der Waals surface area contributed by atoms with E-state index >= 15 is 0 Å². The second-order valence-electron chi connectivity index (χ2n) is 40.1. The first-order valence-corrected chi connectivity index (χ1v) is 49.2. The van der Waals surface area contributed by atoms with Gasteiger partial charge in [0.1, 0.15) is 0 Å². The van der Waals surface area contributed by atoms with E-state index in [1.165, 1.54) is 97.2 Å². The van der Waals surface area contributed by atoms with Crippen LogP contribution in [0.2, 0.25) is 0 Å². The van der Waals surface area contributed by atoms with Crippen LogP contribution in [0.5, 0.6) is 0 Å². The van der Waals surface area contributed by atoms with Crippen LogP contribution in [0.1, 0.15) is 152 Å². The summed E-state index contributed by atoms with van der Waals surface area (Å²) >= 11 is 0. The summed E-state index contributed by atoms with van der Waals surface area (Å²) in [5.41, 5.74) is 0.255. The molecule has 0 radical (unpaired) electrons. The third-order valence-corrected chi connectivity index (χ3v) is 18.5. The van der Waals surface area contributed by atoms with Crippen LogP contribution in [0.4, 0.5) is 0 Å². The predicted molar refractivity (Wildman–Crippen MR) is 603 cm³/mol. The lowest BCUT2D eigenvalue weighted by molar-refractivity contribution is -0.119. The largest absolute Gasteiger partial charge is 0.351 e. The lowest BCUT2D eigenvalue weighted by Gasteiger charge is -2.35. The van der Waals surface area contributed by atoms with Crippen LogP contribution < -0.4 is 112 Å². The zero-order valence-electron chi connectivity index (χ0n) is 93.6. The molecule has 0 aromatic rings. The van der Waals surface area contributed by atoms with Crippen LogP contribution in [-0.2, 0) is 76.7 Å². The lowest BCUT2D eigenvalue weighted by Crippen LogP contribution is -2.53. The molecule has 2 unspecified atom stereocenters. The van der Waals surface area contributed by atoms with Gasteiger partial charge in [-0.25, -0.2) is 0 Å². The number of carbonyl (C=O) groups excluding carboxylic acids is 16. The SMILES string of the molecule is C=CC(=O)NCC(CNC(=O)C=C)NC(C)(C)C.C=CC(=O)NCC(CNC(=O)C=C)NC(C)C.C=CC(=O)NCC(CNC(=O)C=C)NCC(C)(C)C.C=CC(=O)NCC(CNC(C)(C)C)NC(=O)C=C.C=CC(=O)NCC(CNCC(C)(C)C)NC(=O)C=C.C=CC(=O)NCCN(CCNC(=O)C=C)C(C)(C)C.C=CC(=O)NCCN(CCNC(=O)C=C)C(C)C.C=CC(=O)NCCN(CCNC(=O)C=C)CC(C)(C)C. The van der Waals surface area contributed by atoms with E-state index in [0.29, 0.717) is 124 Å². The van der Waals surface area contributed by atoms with Gasteiger partial charge in [0.05, 0.1) is 12.1 Å². The van der Waals surface area contributed by atoms with Gasteiger partial charge in [-0.1, -0.05) is 181 Å². The molecule has 0 aliphatic heterocycles. The molecule has 0 saturated carbocycles. The molecular weight excluding hydrogens is 1890 g/mol. The number of nitrogens with zero attached hydrogens (tertiary/aromatic N) is 3. The van der Waals surface area contributed by atoms with E-state index < -0.39 is 0 Å². The molecular formula is C108H192N24O16. The Balaban J connectivity index is -0.000000252. The number of carbonyl (C=O) groups is 16. The van der Waals surface area contributed by atoms with Crippen LogP contribution in [0, 0.1) is 16.2 Å². The molecule has 0 rings (SSSR count). The topological polar surface area (TPSA) is 535 Å². The van der Waals surface area contributed by atoms with Gasteiger partial charge in [0.2, 0.25) is 94.5 Å². The Morgan fingerprint density at radius 2 is 0.486 bits per heavy atom. The number of hydrogen-bond donors (Lipinski definition) is 21. The maximum absolute atomic E-state index is 11.3. The van der Waals surface area contributed by atoms with Gasteiger partial charge in [-0.15, -0.1) is 0 Å². The molecule has 0 aromatic carbocycles. The van der Waals surface area contributed by atoms with Crippen LogP contribution in [-0.4, -0.2) is 332 Å². The van der Waals surface area contributed by atoms with Crippen molar-refractivity contribution in [2.75, 3.05) is 164 Å². The minimum absolute atomic E-state index is 0.0252. The molecule has 0 aliphatic carbocycles. The molecule has 0 heterocycles. The van der Waals surface area contributed by atoms with E-state index in [1.54, 1.807) is 0 Å². The standard InChI is InChI=1S/C15H27N3O2.3C14H25N3O2.3C13H23N3O2.C12H21N3O2/c1-6-13(19)16-8-10-18(12-15(3,4)5)11-9-17-14(20)7-2;1-6-12(18)15-8-11(9-16-13(19)7-2)17-10-14(3,4)5;1-6-12(18)16-9-11(17-13(19)7-2)8-15-10-14(3,4)5;1-6-12(18)15-8-10-17(14(3,4)5)11-9-16-13(19)7-2;1-6-11(17)14-8-10(16-12(18)7-2)9-15-13(3,4)5;1-6-11(17)14-8-10(16-13(3,4)5)9-15-12(18)7-2;1-5-12(17)14-7-9-16(11(3)4)10-8-15-13(18)6-2;1-5-11(16)13-7-10(15-9(3)4)8-14-12(17)6-2/h6-7H,1-2,8-12H2,3-5H3,(H,16,19)(H,17,20);6-7,11,17H,1-2,8-10H2,3-5H3,(H,15,18)(H,16,19);6-7,11,15H,1-2,8-10H2,3-5H3,(H,16,18)(H,17,19);6-7H,1-2,8-11H2,3-5H3,(H,15,18)(H,16,19);6-7,10,15H,1-2,8-9H2,3-5H3,(H,14,17)(H,16,18);6-7,10,16H,1-2,8-9H2,3-5H3,(H,14,17)(H,15,18);5-6,11H,1-2,7-10H2,3-4H3,(H,14,17)(H,15,18);5-6,9-10,15H,1-2,7-8H2,3-4H3,(H,13,16)(H,14,17). The van der Waals surface area contributed by atoms with Crippen molar-refractivity contribution in [3.63, 3.8) is 0 Å². The van der Waals surface area contributed by atoms with E-state index in [0.717, 1.165) is 45.8 Å². The molecule has 40 nitrogen and oxygen atoms in total. The zero-order chi connectivity index (χ0) is 116. The molecule has 148 heavy (non-hydrogen) atoms. The summed E-state index contributed by atoms with van der Waals surface area (Å²) < 4.78 is 0. The average Bonchev–Trinajstić information content (AvgIpc) is 0.887. The Hall–Kier alpha value is -13.0. The van der Waals surface area contributed by atoms with E-state index in [-0.39, 0.29) is 164 Å². The highest BCUT2D eigenvalue weighted by atomic mass is 16.2. The molecule has 0 fully saturated rings. The van der Waals surface area contributed by atoms with Crippen molar-refractivity contribution in [2.24, 2.45) is 16.2 Å². The molecule has 0 bridgehead atoms. The molecule has 0 aliphatic rings. The summed E-state index contributed by atoms with van der Waals surface area (Å²) in [7, 11) is 0. The Labute approximate surface area is 886 Å². The van der Waals surface area contributed by atoms with Gasteiger partial charge in [0, 0.05) is 210 Å². The van der Waals surface area contributed by atoms with E-state index in [4.69, 9.17) is 0 Å². The predicted octanol–water partition coefficient (Wildman–Crippen LogP) is 3.77. The zero-order valence-corrected chi connectivity index (χ0v) is 93.6. The number of nitrogens with one attached hydrogen (secondary N) is 21. The summed E-state index contributed by atoms with van der Waals surface area (Å²) in [6, 6.07) is 0.121. The van der Waals surface area contributed by atoms with Gasteiger partial charge in [-0.05, 0) is 190 Å². The molecule has 21 N–H and O–H groups in total. The molecule has 40 heteroatoms. The first-order valence-electron chi connectivity index (χ1n) is 49.2. The monoisotopic (exact) mass is 2080 g/mol. The Kier molecular flexibility index (Phi) is 90.7. The van der Waals surface area contributed by atoms with Crippen molar-refractivity contribution < 1.29 is 76.7 Å².